The Bertz CT molecular complexity index is 1190. The van der Waals surface area contributed by atoms with Gasteiger partial charge in [-0.1, -0.05) is 66.7 Å². The van der Waals surface area contributed by atoms with Gasteiger partial charge in [0.15, 0.2) is 5.82 Å². The molecule has 0 saturated carbocycles. The zero-order chi connectivity index (χ0) is 17.5. The van der Waals surface area contributed by atoms with Gasteiger partial charge in [-0.15, -0.1) is 0 Å². The van der Waals surface area contributed by atoms with Gasteiger partial charge in [0, 0.05) is 16.3 Å². The van der Waals surface area contributed by atoms with Crippen LogP contribution in [0.4, 0.5) is 0 Å². The van der Waals surface area contributed by atoms with Crippen LogP contribution < -0.4 is 0 Å². The topological polar surface area (TPSA) is 43.6 Å². The summed E-state index contributed by atoms with van der Waals surface area (Å²) in [5.41, 5.74) is 3.18. The van der Waals surface area contributed by atoms with Gasteiger partial charge < -0.3 is 0 Å². The van der Waals surface area contributed by atoms with Crippen LogP contribution in [0, 0.1) is 6.92 Å². The molecule has 0 amide bonds. The number of rotatable bonds is 2. The molecule has 0 radical (unpaired) electrons. The van der Waals surface area contributed by atoms with E-state index in [2.05, 4.69) is 50.9 Å². The molecule has 4 nitrogen and oxygen atoms in total. The van der Waals surface area contributed by atoms with Gasteiger partial charge in [-0.3, -0.25) is 4.57 Å². The minimum atomic E-state index is 0.647. The molecule has 3 aromatic carbocycles. The van der Waals surface area contributed by atoms with Crippen molar-refractivity contribution in [2.24, 2.45) is 0 Å². The highest BCUT2D eigenvalue weighted by Crippen LogP contribution is 2.31. The van der Waals surface area contributed by atoms with Crippen molar-refractivity contribution in [2.45, 2.75) is 6.92 Å². The molecule has 0 bridgehead atoms. The highest BCUT2D eigenvalue weighted by molar-refractivity contribution is 6.08. The van der Waals surface area contributed by atoms with E-state index in [1.54, 1.807) is 0 Å². The Morgan fingerprint density at radius 3 is 1.85 bits per heavy atom. The molecule has 0 aliphatic carbocycles. The van der Waals surface area contributed by atoms with E-state index >= 15 is 0 Å². The van der Waals surface area contributed by atoms with Gasteiger partial charge in [0.25, 0.3) is 0 Å². The average molecular weight is 336 g/mol. The van der Waals surface area contributed by atoms with Crippen LogP contribution in [0.2, 0.25) is 0 Å². The molecule has 4 heteroatoms. The van der Waals surface area contributed by atoms with E-state index in [0.29, 0.717) is 17.6 Å². The smallest absolute Gasteiger partial charge is 0.238 e. The van der Waals surface area contributed by atoms with E-state index in [0.717, 1.165) is 16.6 Å². The molecule has 0 saturated heterocycles. The number of hydrogen-bond donors (Lipinski definition) is 0. The molecule has 0 atom stereocenters. The summed E-state index contributed by atoms with van der Waals surface area (Å²) in [7, 11) is 0. The van der Waals surface area contributed by atoms with Crippen molar-refractivity contribution < 1.29 is 0 Å². The van der Waals surface area contributed by atoms with E-state index in [9.17, 15) is 0 Å². The summed E-state index contributed by atoms with van der Waals surface area (Å²) >= 11 is 0. The Hall–Kier alpha value is -3.53. The Kier molecular flexibility index (Phi) is 3.28. The van der Waals surface area contributed by atoms with Crippen molar-refractivity contribution in [3.8, 4) is 17.3 Å². The lowest BCUT2D eigenvalue weighted by Gasteiger charge is -2.08. The summed E-state index contributed by atoms with van der Waals surface area (Å²) in [5.74, 6) is 2.04. The average Bonchev–Trinajstić information content (AvgIpc) is 3.03. The third-order valence-electron chi connectivity index (χ3n) is 4.55. The summed E-state index contributed by atoms with van der Waals surface area (Å²) in [6.45, 7) is 1.91. The molecule has 26 heavy (non-hydrogen) atoms. The zero-order valence-corrected chi connectivity index (χ0v) is 14.3. The minimum Gasteiger partial charge on any atom is -0.278 e. The van der Waals surface area contributed by atoms with E-state index in [-0.39, 0.29) is 0 Å². The van der Waals surface area contributed by atoms with Crippen LogP contribution in [0.3, 0.4) is 0 Å². The summed E-state index contributed by atoms with van der Waals surface area (Å²) in [5, 5.41) is 2.39. The summed E-state index contributed by atoms with van der Waals surface area (Å²) in [6, 6.07) is 26.7. The Morgan fingerprint density at radius 2 is 1.19 bits per heavy atom. The lowest BCUT2D eigenvalue weighted by molar-refractivity contribution is 0.907. The van der Waals surface area contributed by atoms with Gasteiger partial charge in [0.05, 0.1) is 11.0 Å². The molecular weight excluding hydrogens is 320 g/mol. The zero-order valence-electron chi connectivity index (χ0n) is 14.3. The highest BCUT2D eigenvalue weighted by atomic mass is 15.2. The normalized spacial score (nSPS) is 11.3. The van der Waals surface area contributed by atoms with E-state index < -0.39 is 0 Å². The van der Waals surface area contributed by atoms with Crippen molar-refractivity contribution in [3.05, 3.63) is 84.7 Å². The number of aromatic nitrogens is 4. The molecule has 2 heterocycles. The summed E-state index contributed by atoms with van der Waals surface area (Å²) in [4.78, 5) is 14.0. The maximum absolute atomic E-state index is 4.79. The SMILES string of the molecule is Cc1nc(-c2ccccc2)nc(-n2c3ccccc3c3ccccc32)n1. The first-order valence-electron chi connectivity index (χ1n) is 8.58. The van der Waals surface area contributed by atoms with Crippen LogP contribution in [-0.2, 0) is 0 Å². The third-order valence-corrected chi connectivity index (χ3v) is 4.55. The minimum absolute atomic E-state index is 0.647. The third kappa shape index (κ3) is 2.27. The second kappa shape index (κ2) is 5.77. The monoisotopic (exact) mass is 336 g/mol. The first-order chi connectivity index (χ1) is 12.8. The standard InChI is InChI=1S/C22H16N4/c1-15-23-21(16-9-3-2-4-10-16)25-22(24-15)26-19-13-7-5-11-17(19)18-12-6-8-14-20(18)26/h2-14H,1H3. The van der Waals surface area contributed by atoms with Crippen molar-refractivity contribution in [2.75, 3.05) is 0 Å². The Labute approximate surface area is 150 Å². The maximum Gasteiger partial charge on any atom is 0.238 e. The lowest BCUT2D eigenvalue weighted by atomic mass is 10.2. The largest absolute Gasteiger partial charge is 0.278 e. The summed E-state index contributed by atoms with van der Waals surface area (Å²) in [6.07, 6.45) is 0. The van der Waals surface area contributed by atoms with Crippen LogP contribution in [0.1, 0.15) is 5.82 Å². The molecule has 5 rings (SSSR count). The van der Waals surface area contributed by atoms with Gasteiger partial charge in [-0.25, -0.2) is 4.98 Å². The number of para-hydroxylation sites is 2. The van der Waals surface area contributed by atoms with Crippen molar-refractivity contribution >= 4 is 21.8 Å². The first kappa shape index (κ1) is 14.8. The molecule has 0 aliphatic rings. The number of aryl methyl sites for hydroxylation is 1. The lowest BCUT2D eigenvalue weighted by Crippen LogP contribution is -2.06. The van der Waals surface area contributed by atoms with Crippen molar-refractivity contribution in [3.63, 3.8) is 0 Å². The van der Waals surface area contributed by atoms with Crippen LogP contribution in [0.15, 0.2) is 78.9 Å². The quantitative estimate of drug-likeness (QED) is 0.458. The molecule has 0 spiro atoms. The van der Waals surface area contributed by atoms with Crippen LogP contribution >= 0.6 is 0 Å². The van der Waals surface area contributed by atoms with Crippen molar-refractivity contribution in [1.82, 2.24) is 19.5 Å². The van der Waals surface area contributed by atoms with E-state index in [1.165, 1.54) is 10.8 Å². The number of fused-ring (bicyclic) bond motifs is 3. The molecule has 2 aromatic heterocycles. The van der Waals surface area contributed by atoms with Crippen LogP contribution in [0.5, 0.6) is 0 Å². The number of hydrogen-bond acceptors (Lipinski definition) is 3. The van der Waals surface area contributed by atoms with Gasteiger partial charge in [-0.05, 0) is 19.1 Å². The molecule has 0 fully saturated rings. The Balaban J connectivity index is 1.84. The number of benzene rings is 3. The van der Waals surface area contributed by atoms with Gasteiger partial charge in [-0.2, -0.15) is 9.97 Å². The van der Waals surface area contributed by atoms with Gasteiger partial charge in [0.2, 0.25) is 5.95 Å². The van der Waals surface area contributed by atoms with Gasteiger partial charge in [0.1, 0.15) is 5.82 Å². The van der Waals surface area contributed by atoms with E-state index in [1.807, 2.05) is 49.4 Å². The maximum atomic E-state index is 4.79. The van der Waals surface area contributed by atoms with Crippen molar-refractivity contribution in [1.29, 1.82) is 0 Å². The molecule has 0 aliphatic heterocycles. The molecule has 0 N–H and O–H groups in total. The highest BCUT2D eigenvalue weighted by Gasteiger charge is 2.15. The fraction of sp³-hybridized carbons (Fsp3) is 0.0455. The first-order valence-corrected chi connectivity index (χ1v) is 8.58. The van der Waals surface area contributed by atoms with E-state index in [4.69, 9.17) is 4.98 Å². The van der Waals surface area contributed by atoms with Crippen LogP contribution in [-0.4, -0.2) is 19.5 Å². The summed E-state index contributed by atoms with van der Waals surface area (Å²) < 4.78 is 2.12. The van der Waals surface area contributed by atoms with Gasteiger partial charge >= 0.3 is 0 Å². The fourth-order valence-corrected chi connectivity index (χ4v) is 3.42. The number of nitrogens with zero attached hydrogens (tertiary/aromatic N) is 4. The molecular formula is C22H16N4. The predicted molar refractivity (Wildman–Crippen MR) is 104 cm³/mol. The fourth-order valence-electron chi connectivity index (χ4n) is 3.42. The Morgan fingerprint density at radius 1 is 0.615 bits per heavy atom. The predicted octanol–water partition coefficient (Wildman–Crippen LogP) is 4.94. The second-order valence-electron chi connectivity index (χ2n) is 6.24. The van der Waals surface area contributed by atoms with Crippen LogP contribution in [0.25, 0.3) is 39.1 Å². The molecule has 5 aromatic rings. The second-order valence-corrected chi connectivity index (χ2v) is 6.24. The molecule has 0 unspecified atom stereocenters. The molecule has 124 valence electrons.